The molecule has 0 heterocycles. The quantitative estimate of drug-likeness (QED) is 0.368. The Morgan fingerprint density at radius 3 is 2.32 bits per heavy atom. The van der Waals surface area contributed by atoms with Gasteiger partial charge in [-0.15, -0.1) is 0 Å². The van der Waals surface area contributed by atoms with Crippen LogP contribution in [0.15, 0.2) is 48.5 Å². The molecule has 2 aromatic carbocycles. The Hall–Kier alpha value is -2.76. The van der Waals surface area contributed by atoms with Crippen molar-refractivity contribution in [2.24, 2.45) is 0 Å². The first-order valence-corrected chi connectivity index (χ1v) is 5.29. The van der Waals surface area contributed by atoms with E-state index >= 15 is 0 Å². The highest BCUT2D eigenvalue weighted by Gasteiger charge is 2.14. The molecule has 19 heavy (non-hydrogen) atoms. The summed E-state index contributed by atoms with van der Waals surface area (Å²) >= 11 is 0. The number of halogens is 1. The molecule has 0 aliphatic heterocycles. The first-order chi connectivity index (χ1) is 9.08. The SMILES string of the molecule is O=C(Oc1ccc([N+](=O)[O-])cc1)c1ccccc1F. The number of ether oxygens (including phenoxy) is 1. The van der Waals surface area contributed by atoms with Gasteiger partial charge in [0.05, 0.1) is 10.5 Å². The minimum atomic E-state index is -0.855. The van der Waals surface area contributed by atoms with Gasteiger partial charge in [0.1, 0.15) is 11.6 Å². The Morgan fingerprint density at radius 1 is 1.11 bits per heavy atom. The van der Waals surface area contributed by atoms with Gasteiger partial charge < -0.3 is 4.74 Å². The molecule has 0 amide bonds. The third kappa shape index (κ3) is 2.92. The first-order valence-electron chi connectivity index (χ1n) is 5.29. The topological polar surface area (TPSA) is 69.4 Å². The number of hydrogen-bond acceptors (Lipinski definition) is 4. The number of carbonyl (C=O) groups is 1. The van der Waals surface area contributed by atoms with Gasteiger partial charge in [-0.25, -0.2) is 9.18 Å². The summed E-state index contributed by atoms with van der Waals surface area (Å²) in [6.45, 7) is 0. The highest BCUT2D eigenvalue weighted by Crippen LogP contribution is 2.19. The number of nitrogens with zero attached hydrogens (tertiary/aromatic N) is 1. The molecule has 0 atom stereocenters. The van der Waals surface area contributed by atoms with Gasteiger partial charge in [-0.1, -0.05) is 12.1 Å². The van der Waals surface area contributed by atoms with E-state index in [1.165, 1.54) is 42.5 Å². The number of nitro benzene ring substituents is 1. The molecule has 0 radical (unpaired) electrons. The van der Waals surface area contributed by atoms with E-state index in [0.29, 0.717) is 0 Å². The fourth-order valence-electron chi connectivity index (χ4n) is 1.42. The molecule has 0 fully saturated rings. The van der Waals surface area contributed by atoms with E-state index in [4.69, 9.17) is 4.74 Å². The molecule has 0 saturated carbocycles. The number of hydrogen-bond donors (Lipinski definition) is 0. The van der Waals surface area contributed by atoms with Gasteiger partial charge in [0.15, 0.2) is 0 Å². The normalized spacial score (nSPS) is 9.95. The minimum Gasteiger partial charge on any atom is -0.423 e. The van der Waals surface area contributed by atoms with Crippen LogP contribution >= 0.6 is 0 Å². The average molecular weight is 261 g/mol. The summed E-state index contributed by atoms with van der Waals surface area (Å²) in [5.74, 6) is -1.43. The van der Waals surface area contributed by atoms with E-state index in [2.05, 4.69) is 0 Å². The maximum Gasteiger partial charge on any atom is 0.346 e. The third-order valence-electron chi connectivity index (χ3n) is 2.35. The van der Waals surface area contributed by atoms with Crippen LogP contribution in [0.1, 0.15) is 10.4 Å². The highest BCUT2D eigenvalue weighted by molar-refractivity contribution is 5.91. The van der Waals surface area contributed by atoms with Crippen LogP contribution in [0.25, 0.3) is 0 Å². The third-order valence-corrected chi connectivity index (χ3v) is 2.35. The molecule has 0 N–H and O–H groups in total. The van der Waals surface area contributed by atoms with E-state index in [1.54, 1.807) is 0 Å². The largest absolute Gasteiger partial charge is 0.423 e. The molecular weight excluding hydrogens is 253 g/mol. The molecule has 0 saturated heterocycles. The van der Waals surface area contributed by atoms with Crippen LogP contribution in [-0.2, 0) is 0 Å². The first kappa shape index (κ1) is 12.7. The zero-order valence-electron chi connectivity index (χ0n) is 9.58. The van der Waals surface area contributed by atoms with Crippen molar-refractivity contribution in [3.05, 3.63) is 70.0 Å². The maximum atomic E-state index is 13.3. The predicted octanol–water partition coefficient (Wildman–Crippen LogP) is 2.95. The van der Waals surface area contributed by atoms with Crippen LogP contribution < -0.4 is 4.74 Å². The van der Waals surface area contributed by atoms with Crippen molar-refractivity contribution in [2.75, 3.05) is 0 Å². The second-order valence-electron chi connectivity index (χ2n) is 3.62. The molecule has 2 aromatic rings. The lowest BCUT2D eigenvalue weighted by Crippen LogP contribution is -2.10. The van der Waals surface area contributed by atoms with Crippen molar-refractivity contribution in [1.82, 2.24) is 0 Å². The van der Waals surface area contributed by atoms with Crippen molar-refractivity contribution in [3.63, 3.8) is 0 Å². The van der Waals surface area contributed by atoms with Crippen LogP contribution in [0, 0.1) is 15.9 Å². The molecule has 0 bridgehead atoms. The van der Waals surface area contributed by atoms with Gasteiger partial charge in [-0.3, -0.25) is 10.1 Å². The van der Waals surface area contributed by atoms with E-state index in [-0.39, 0.29) is 17.0 Å². The zero-order chi connectivity index (χ0) is 13.8. The molecule has 2 rings (SSSR count). The van der Waals surface area contributed by atoms with Crippen LogP contribution in [0.3, 0.4) is 0 Å². The standard InChI is InChI=1S/C13H8FNO4/c14-12-4-2-1-3-11(12)13(16)19-10-7-5-9(6-8-10)15(17)18/h1-8H. The predicted molar refractivity (Wildman–Crippen MR) is 64.5 cm³/mol. The second-order valence-corrected chi connectivity index (χ2v) is 3.62. The molecule has 0 unspecified atom stereocenters. The number of benzene rings is 2. The lowest BCUT2D eigenvalue weighted by atomic mass is 10.2. The molecule has 0 aliphatic carbocycles. The molecule has 96 valence electrons. The van der Waals surface area contributed by atoms with Crippen LogP contribution in [-0.4, -0.2) is 10.9 Å². The van der Waals surface area contributed by atoms with Gasteiger partial charge in [0, 0.05) is 12.1 Å². The fraction of sp³-hybridized carbons (Fsp3) is 0. The highest BCUT2D eigenvalue weighted by atomic mass is 19.1. The lowest BCUT2D eigenvalue weighted by molar-refractivity contribution is -0.384. The number of non-ortho nitro benzene ring substituents is 1. The summed E-state index contributed by atoms with van der Waals surface area (Å²) in [6.07, 6.45) is 0. The van der Waals surface area contributed by atoms with Gasteiger partial charge >= 0.3 is 5.97 Å². The van der Waals surface area contributed by atoms with Crippen molar-refractivity contribution in [2.45, 2.75) is 0 Å². The summed E-state index contributed by atoms with van der Waals surface area (Å²) in [7, 11) is 0. The monoisotopic (exact) mass is 261 g/mol. The number of rotatable bonds is 3. The Bertz CT molecular complexity index is 625. The van der Waals surface area contributed by atoms with E-state index in [9.17, 15) is 19.3 Å². The zero-order valence-corrected chi connectivity index (χ0v) is 9.58. The molecule has 0 aliphatic rings. The van der Waals surface area contributed by atoms with E-state index in [1.807, 2.05) is 0 Å². The summed E-state index contributed by atoms with van der Waals surface area (Å²) in [6, 6.07) is 10.4. The lowest BCUT2D eigenvalue weighted by Gasteiger charge is -2.04. The second kappa shape index (κ2) is 5.26. The molecular formula is C13H8FNO4. The summed E-state index contributed by atoms with van der Waals surface area (Å²) < 4.78 is 18.2. The van der Waals surface area contributed by atoms with Crippen molar-refractivity contribution in [1.29, 1.82) is 0 Å². The molecule has 0 aromatic heterocycles. The molecule has 0 spiro atoms. The Labute approximate surface area is 107 Å². The van der Waals surface area contributed by atoms with Gasteiger partial charge in [0.25, 0.3) is 5.69 Å². The smallest absolute Gasteiger partial charge is 0.346 e. The summed E-state index contributed by atoms with van der Waals surface area (Å²) in [4.78, 5) is 21.5. The number of nitro groups is 1. The van der Waals surface area contributed by atoms with Crippen molar-refractivity contribution >= 4 is 11.7 Å². The summed E-state index contributed by atoms with van der Waals surface area (Å²) in [5.41, 5.74) is -0.313. The van der Waals surface area contributed by atoms with Crippen LogP contribution in [0.5, 0.6) is 5.75 Å². The number of esters is 1. The van der Waals surface area contributed by atoms with Crippen molar-refractivity contribution < 1.29 is 18.8 Å². The average Bonchev–Trinajstić information content (AvgIpc) is 2.39. The Kier molecular flexibility index (Phi) is 3.51. The van der Waals surface area contributed by atoms with Crippen LogP contribution in [0.4, 0.5) is 10.1 Å². The van der Waals surface area contributed by atoms with Crippen LogP contribution in [0.2, 0.25) is 0 Å². The van der Waals surface area contributed by atoms with Gasteiger partial charge in [-0.05, 0) is 24.3 Å². The van der Waals surface area contributed by atoms with E-state index < -0.39 is 16.7 Å². The Balaban J connectivity index is 2.15. The molecule has 6 heteroatoms. The van der Waals surface area contributed by atoms with Gasteiger partial charge in [-0.2, -0.15) is 0 Å². The van der Waals surface area contributed by atoms with Gasteiger partial charge in [0.2, 0.25) is 0 Å². The Morgan fingerprint density at radius 2 is 1.74 bits per heavy atom. The summed E-state index contributed by atoms with van der Waals surface area (Å²) in [5, 5.41) is 10.4. The fourth-order valence-corrected chi connectivity index (χ4v) is 1.42. The number of carbonyl (C=O) groups excluding carboxylic acids is 1. The molecule has 5 nitrogen and oxygen atoms in total. The maximum absolute atomic E-state index is 13.3. The van der Waals surface area contributed by atoms with Crippen molar-refractivity contribution in [3.8, 4) is 5.75 Å². The van der Waals surface area contributed by atoms with E-state index in [0.717, 1.165) is 6.07 Å². The minimum absolute atomic E-state index is 0.110.